The number of hydrogen-bond acceptors (Lipinski definition) is 3. The zero-order valence-electron chi connectivity index (χ0n) is 7.47. The van der Waals surface area contributed by atoms with E-state index in [1.54, 1.807) is 0 Å². The molecule has 0 rings (SSSR count). The zero-order chi connectivity index (χ0) is 8.36. The van der Waals surface area contributed by atoms with Gasteiger partial charge in [-0.3, -0.25) is 0 Å². The third kappa shape index (κ3) is 9.88. The van der Waals surface area contributed by atoms with Crippen molar-refractivity contribution in [1.82, 2.24) is 0 Å². The molecule has 0 spiro atoms. The summed E-state index contributed by atoms with van der Waals surface area (Å²) >= 11 is 0. The van der Waals surface area contributed by atoms with E-state index in [1.807, 2.05) is 0 Å². The van der Waals surface area contributed by atoms with Crippen LogP contribution in [0.25, 0.3) is 0 Å². The summed E-state index contributed by atoms with van der Waals surface area (Å²) in [6.45, 7) is 5.42. The van der Waals surface area contributed by atoms with Crippen molar-refractivity contribution in [2.75, 3.05) is 13.2 Å². The maximum atomic E-state index is 4.70. The van der Waals surface area contributed by atoms with E-state index in [9.17, 15) is 0 Å². The minimum atomic E-state index is 0.614. The first kappa shape index (κ1) is 10.9. The van der Waals surface area contributed by atoms with Gasteiger partial charge in [-0.15, -0.1) is 0 Å². The Hall–Kier alpha value is -0.120. The smallest absolute Gasteiger partial charge is 0.0853 e. The van der Waals surface area contributed by atoms with Gasteiger partial charge in [0, 0.05) is 0 Å². The lowest BCUT2D eigenvalue weighted by Crippen LogP contribution is -1.99. The summed E-state index contributed by atoms with van der Waals surface area (Å²) in [7, 11) is 0. The Bertz CT molecular complexity index is 58.4. The van der Waals surface area contributed by atoms with Gasteiger partial charge < -0.3 is 0 Å². The largest absolute Gasteiger partial charge is 0.206 e. The van der Waals surface area contributed by atoms with Gasteiger partial charge in [0.15, 0.2) is 0 Å². The minimum Gasteiger partial charge on any atom is -0.206 e. The van der Waals surface area contributed by atoms with Crippen LogP contribution in [0, 0.1) is 0 Å². The minimum absolute atomic E-state index is 0.614. The van der Waals surface area contributed by atoms with E-state index in [1.165, 1.54) is 0 Å². The first-order valence-corrected chi connectivity index (χ1v) is 4.32. The van der Waals surface area contributed by atoms with Gasteiger partial charge in [0.1, 0.15) is 0 Å². The molecule has 68 valence electrons. The van der Waals surface area contributed by atoms with Gasteiger partial charge in [0.2, 0.25) is 0 Å². The molecule has 0 atom stereocenters. The molecule has 0 unspecified atom stereocenters. The van der Waals surface area contributed by atoms with Crippen LogP contribution >= 0.6 is 0 Å². The molecule has 0 saturated carbocycles. The molecule has 0 radical (unpaired) electrons. The molecule has 0 bridgehead atoms. The molecular weight excluding hydrogens is 144 g/mol. The number of hydrogen-bond donors (Lipinski definition) is 0. The highest BCUT2D eigenvalue weighted by molar-refractivity contribution is 4.26. The van der Waals surface area contributed by atoms with Crippen molar-refractivity contribution in [2.24, 2.45) is 0 Å². The molecule has 0 aliphatic rings. The summed E-state index contributed by atoms with van der Waals surface area (Å²) in [5.41, 5.74) is 0. The fourth-order valence-corrected chi connectivity index (χ4v) is 0.509. The lowest BCUT2D eigenvalue weighted by atomic mass is 10.4. The molecule has 0 amide bonds. The molecule has 0 aromatic heterocycles. The van der Waals surface area contributed by atoms with Crippen LogP contribution in [0.4, 0.5) is 0 Å². The average molecular weight is 162 g/mol. The zero-order valence-corrected chi connectivity index (χ0v) is 7.47. The Labute approximate surface area is 68.5 Å². The highest BCUT2D eigenvalue weighted by Crippen LogP contribution is 1.92. The molecule has 0 aliphatic carbocycles. The fourth-order valence-electron chi connectivity index (χ4n) is 0.509. The maximum Gasteiger partial charge on any atom is 0.0853 e. The van der Waals surface area contributed by atoms with Gasteiger partial charge >= 0.3 is 0 Å². The second-order valence-electron chi connectivity index (χ2n) is 2.42. The maximum absolute atomic E-state index is 4.70. The third-order valence-corrected chi connectivity index (χ3v) is 1.26. The van der Waals surface area contributed by atoms with Crippen LogP contribution in [-0.4, -0.2) is 13.2 Å². The van der Waals surface area contributed by atoms with E-state index >= 15 is 0 Å². The Morgan fingerprint density at radius 1 is 0.818 bits per heavy atom. The molecule has 0 heterocycles. The predicted molar refractivity (Wildman–Crippen MR) is 42.8 cm³/mol. The highest BCUT2D eigenvalue weighted by atomic mass is 17.5. The average Bonchev–Trinajstić information content (AvgIpc) is 2.03. The van der Waals surface area contributed by atoms with Crippen LogP contribution < -0.4 is 0 Å². The van der Waals surface area contributed by atoms with Gasteiger partial charge in [-0.1, -0.05) is 31.7 Å². The van der Waals surface area contributed by atoms with Crippen molar-refractivity contribution in [3.05, 3.63) is 0 Å². The molecule has 0 fully saturated rings. The predicted octanol–water partition coefficient (Wildman–Crippen LogP) is 2.47. The topological polar surface area (TPSA) is 27.7 Å². The summed E-state index contributed by atoms with van der Waals surface area (Å²) in [6.07, 6.45) is 4.24. The van der Waals surface area contributed by atoms with Crippen LogP contribution in [0.2, 0.25) is 0 Å². The lowest BCUT2D eigenvalue weighted by Gasteiger charge is -2.00. The van der Waals surface area contributed by atoms with Gasteiger partial charge in [0.25, 0.3) is 0 Å². The SMILES string of the molecule is CCCCOOOCCCC. The Kier molecular flexibility index (Phi) is 9.77. The van der Waals surface area contributed by atoms with Crippen LogP contribution in [-0.2, 0) is 14.8 Å². The summed E-state index contributed by atoms with van der Waals surface area (Å²) in [5, 5.41) is 4.44. The van der Waals surface area contributed by atoms with Gasteiger partial charge in [-0.05, 0) is 12.8 Å². The lowest BCUT2D eigenvalue weighted by molar-refractivity contribution is -0.512. The normalized spacial score (nSPS) is 10.4. The molecule has 3 heteroatoms. The number of rotatable bonds is 8. The van der Waals surface area contributed by atoms with Crippen LogP contribution in [0.15, 0.2) is 0 Å². The van der Waals surface area contributed by atoms with Crippen molar-refractivity contribution in [3.63, 3.8) is 0 Å². The Morgan fingerprint density at radius 3 is 1.64 bits per heavy atom. The van der Waals surface area contributed by atoms with Crippen LogP contribution in [0.1, 0.15) is 39.5 Å². The molecule has 0 aliphatic heterocycles. The molecule has 3 nitrogen and oxygen atoms in total. The van der Waals surface area contributed by atoms with Crippen molar-refractivity contribution < 1.29 is 14.8 Å². The highest BCUT2D eigenvalue weighted by Gasteiger charge is 1.88. The number of unbranched alkanes of at least 4 members (excludes halogenated alkanes) is 2. The molecule has 0 aromatic rings. The van der Waals surface area contributed by atoms with Crippen LogP contribution in [0.5, 0.6) is 0 Å². The van der Waals surface area contributed by atoms with E-state index in [-0.39, 0.29) is 0 Å². The molecular formula is C8H18O3. The van der Waals surface area contributed by atoms with E-state index < -0.39 is 0 Å². The molecule has 0 saturated heterocycles. The second kappa shape index (κ2) is 9.88. The van der Waals surface area contributed by atoms with Gasteiger partial charge in [0.05, 0.1) is 13.2 Å². The summed E-state index contributed by atoms with van der Waals surface area (Å²) in [5.74, 6) is 0. The summed E-state index contributed by atoms with van der Waals surface area (Å²) < 4.78 is 0. The van der Waals surface area contributed by atoms with Crippen molar-refractivity contribution in [2.45, 2.75) is 39.5 Å². The van der Waals surface area contributed by atoms with Crippen molar-refractivity contribution in [1.29, 1.82) is 0 Å². The van der Waals surface area contributed by atoms with E-state index in [2.05, 4.69) is 18.9 Å². The molecule has 11 heavy (non-hydrogen) atoms. The third-order valence-electron chi connectivity index (χ3n) is 1.26. The van der Waals surface area contributed by atoms with Crippen molar-refractivity contribution in [3.8, 4) is 0 Å². The Morgan fingerprint density at radius 2 is 1.27 bits per heavy atom. The quantitative estimate of drug-likeness (QED) is 0.312. The monoisotopic (exact) mass is 162 g/mol. The fraction of sp³-hybridized carbons (Fsp3) is 1.00. The summed E-state index contributed by atoms with van der Waals surface area (Å²) in [6, 6.07) is 0. The van der Waals surface area contributed by atoms with E-state index in [4.69, 9.17) is 9.78 Å². The van der Waals surface area contributed by atoms with Gasteiger partial charge in [-0.25, -0.2) is 9.78 Å². The van der Waals surface area contributed by atoms with Crippen molar-refractivity contribution >= 4 is 0 Å². The Balaban J connectivity index is 2.69. The first-order chi connectivity index (χ1) is 5.41. The molecule has 0 aromatic carbocycles. The molecule has 0 N–H and O–H groups in total. The van der Waals surface area contributed by atoms with Crippen LogP contribution in [0.3, 0.4) is 0 Å². The first-order valence-electron chi connectivity index (χ1n) is 4.32. The van der Waals surface area contributed by atoms with Gasteiger partial charge in [-0.2, -0.15) is 0 Å². The second-order valence-corrected chi connectivity index (χ2v) is 2.42. The summed E-state index contributed by atoms with van der Waals surface area (Å²) in [4.78, 5) is 9.40. The standard InChI is InChI=1S/C8H18O3/c1-3-5-7-9-11-10-8-6-4-2/h3-8H2,1-2H3. The van der Waals surface area contributed by atoms with E-state index in [0.717, 1.165) is 25.7 Å². The van der Waals surface area contributed by atoms with E-state index in [0.29, 0.717) is 13.2 Å².